The van der Waals surface area contributed by atoms with Crippen LogP contribution in [0.3, 0.4) is 0 Å². The lowest BCUT2D eigenvalue weighted by molar-refractivity contribution is -0.139. The second kappa shape index (κ2) is 7.59. The van der Waals surface area contributed by atoms with Crippen molar-refractivity contribution < 1.29 is 9.53 Å². The third-order valence-electron chi connectivity index (χ3n) is 4.67. The summed E-state index contributed by atoms with van der Waals surface area (Å²) in [6.45, 7) is 8.72. The predicted molar refractivity (Wildman–Crippen MR) is 80.2 cm³/mol. The number of rotatable bonds is 3. The van der Waals surface area contributed by atoms with E-state index >= 15 is 0 Å². The Labute approximate surface area is 127 Å². The number of nitrogens with zero attached hydrogens (tertiary/aromatic N) is 2. The molecule has 3 fully saturated rings. The first kappa shape index (κ1) is 16.0. The fourth-order valence-electron chi connectivity index (χ4n) is 3.17. The summed E-state index contributed by atoms with van der Waals surface area (Å²) >= 11 is 0. The minimum Gasteiger partial charge on any atom is -0.381 e. The Hall–Kier alpha value is -0.360. The second-order valence-corrected chi connectivity index (χ2v) is 6.04. The number of hydrogen-bond acceptors (Lipinski definition) is 4. The van der Waals surface area contributed by atoms with Crippen LogP contribution in [0.2, 0.25) is 0 Å². The van der Waals surface area contributed by atoms with Crippen LogP contribution in [0.15, 0.2) is 0 Å². The molecular formula is C14H26ClN3O2. The number of amides is 1. The minimum absolute atomic E-state index is 0. The Morgan fingerprint density at radius 3 is 2.30 bits per heavy atom. The van der Waals surface area contributed by atoms with Gasteiger partial charge in [0.05, 0.1) is 5.92 Å². The molecule has 1 N–H and O–H groups in total. The average Bonchev–Trinajstić information content (AvgIpc) is 2.39. The van der Waals surface area contributed by atoms with Gasteiger partial charge in [-0.15, -0.1) is 12.4 Å². The molecule has 0 bridgehead atoms. The van der Waals surface area contributed by atoms with Gasteiger partial charge in [-0.3, -0.25) is 9.69 Å². The van der Waals surface area contributed by atoms with Crippen LogP contribution in [0.25, 0.3) is 0 Å². The summed E-state index contributed by atoms with van der Waals surface area (Å²) in [5.74, 6) is 1.42. The minimum atomic E-state index is 0. The molecule has 0 aliphatic carbocycles. The molecule has 3 aliphatic heterocycles. The lowest BCUT2D eigenvalue weighted by Gasteiger charge is -2.39. The van der Waals surface area contributed by atoms with Gasteiger partial charge in [0.25, 0.3) is 0 Å². The van der Waals surface area contributed by atoms with Gasteiger partial charge in [-0.05, 0) is 18.8 Å². The van der Waals surface area contributed by atoms with E-state index in [1.165, 1.54) is 19.4 Å². The van der Waals surface area contributed by atoms with Crippen molar-refractivity contribution in [3.63, 3.8) is 0 Å². The third-order valence-corrected chi connectivity index (χ3v) is 4.67. The number of piperazine rings is 1. The molecule has 3 rings (SSSR count). The molecule has 0 atom stereocenters. The second-order valence-electron chi connectivity index (χ2n) is 6.04. The zero-order valence-electron chi connectivity index (χ0n) is 12.1. The van der Waals surface area contributed by atoms with Crippen molar-refractivity contribution in [3.05, 3.63) is 0 Å². The number of nitrogens with one attached hydrogen (secondary N) is 1. The molecule has 0 aromatic heterocycles. The maximum atomic E-state index is 12.1. The number of carbonyl (C=O) groups is 1. The molecule has 0 aromatic carbocycles. The van der Waals surface area contributed by atoms with Crippen molar-refractivity contribution in [3.8, 4) is 0 Å². The highest BCUT2D eigenvalue weighted by Gasteiger charge is 2.31. The molecule has 116 valence electrons. The Balaban J connectivity index is 0.00000147. The molecule has 0 unspecified atom stereocenters. The van der Waals surface area contributed by atoms with E-state index in [9.17, 15) is 4.79 Å². The van der Waals surface area contributed by atoms with Crippen LogP contribution >= 0.6 is 12.4 Å². The van der Waals surface area contributed by atoms with Crippen molar-refractivity contribution in [2.45, 2.75) is 12.8 Å². The smallest absolute Gasteiger partial charge is 0.228 e. The molecule has 3 aliphatic rings. The summed E-state index contributed by atoms with van der Waals surface area (Å²) in [5, 5.41) is 3.17. The summed E-state index contributed by atoms with van der Waals surface area (Å²) < 4.78 is 5.41. The van der Waals surface area contributed by atoms with E-state index in [4.69, 9.17) is 4.74 Å². The van der Waals surface area contributed by atoms with Crippen molar-refractivity contribution in [2.75, 3.05) is 59.0 Å². The zero-order valence-corrected chi connectivity index (χ0v) is 12.9. The lowest BCUT2D eigenvalue weighted by Crippen LogP contribution is -2.56. The average molecular weight is 304 g/mol. The molecule has 20 heavy (non-hydrogen) atoms. The van der Waals surface area contributed by atoms with Crippen LogP contribution in [-0.2, 0) is 9.53 Å². The van der Waals surface area contributed by atoms with E-state index in [-0.39, 0.29) is 18.3 Å². The SMILES string of the molecule is Cl.O=C(C1CNC1)N1CCN(CC2CCOCC2)CC1. The molecular weight excluding hydrogens is 278 g/mol. The molecule has 0 aromatic rings. The molecule has 3 heterocycles. The largest absolute Gasteiger partial charge is 0.381 e. The molecule has 1 amide bonds. The molecule has 0 saturated carbocycles. The lowest BCUT2D eigenvalue weighted by atomic mass is 9.99. The van der Waals surface area contributed by atoms with Crippen LogP contribution in [0, 0.1) is 11.8 Å². The summed E-state index contributed by atoms with van der Waals surface area (Å²) in [6.07, 6.45) is 2.40. The maximum Gasteiger partial charge on any atom is 0.228 e. The number of carbonyl (C=O) groups excluding carboxylic acids is 1. The van der Waals surface area contributed by atoms with Gasteiger partial charge in [0, 0.05) is 59.0 Å². The molecule has 0 radical (unpaired) electrons. The standard InChI is InChI=1S/C14H25N3O2.ClH/c18-14(13-9-15-10-13)17-5-3-16(4-6-17)11-12-1-7-19-8-2-12;/h12-13,15H,1-11H2;1H. The van der Waals surface area contributed by atoms with E-state index < -0.39 is 0 Å². The Morgan fingerprint density at radius 2 is 1.75 bits per heavy atom. The van der Waals surface area contributed by atoms with E-state index in [0.717, 1.165) is 58.4 Å². The Morgan fingerprint density at radius 1 is 1.10 bits per heavy atom. The van der Waals surface area contributed by atoms with Crippen molar-refractivity contribution in [2.24, 2.45) is 11.8 Å². The number of hydrogen-bond donors (Lipinski definition) is 1. The fraction of sp³-hybridized carbons (Fsp3) is 0.929. The summed E-state index contributed by atoms with van der Waals surface area (Å²) in [4.78, 5) is 16.7. The van der Waals surface area contributed by atoms with E-state index in [1.54, 1.807) is 0 Å². The van der Waals surface area contributed by atoms with Crippen LogP contribution in [-0.4, -0.2) is 74.7 Å². The summed E-state index contributed by atoms with van der Waals surface area (Å²) in [5.41, 5.74) is 0. The quantitative estimate of drug-likeness (QED) is 0.809. The van der Waals surface area contributed by atoms with Crippen molar-refractivity contribution in [1.82, 2.24) is 15.1 Å². The molecule has 6 heteroatoms. The first-order valence-corrected chi connectivity index (χ1v) is 7.62. The van der Waals surface area contributed by atoms with Gasteiger partial charge in [0.15, 0.2) is 0 Å². The van der Waals surface area contributed by atoms with Crippen molar-refractivity contribution >= 4 is 18.3 Å². The van der Waals surface area contributed by atoms with E-state index in [1.807, 2.05) is 0 Å². The molecule has 5 nitrogen and oxygen atoms in total. The first-order valence-electron chi connectivity index (χ1n) is 7.62. The monoisotopic (exact) mass is 303 g/mol. The highest BCUT2D eigenvalue weighted by atomic mass is 35.5. The third kappa shape index (κ3) is 3.85. The van der Waals surface area contributed by atoms with Crippen LogP contribution in [0.1, 0.15) is 12.8 Å². The van der Waals surface area contributed by atoms with E-state index in [2.05, 4.69) is 15.1 Å². The molecule has 3 saturated heterocycles. The highest BCUT2D eigenvalue weighted by molar-refractivity contribution is 5.85. The maximum absolute atomic E-state index is 12.1. The van der Waals surface area contributed by atoms with Crippen molar-refractivity contribution in [1.29, 1.82) is 0 Å². The van der Waals surface area contributed by atoms with E-state index in [0.29, 0.717) is 5.91 Å². The van der Waals surface area contributed by atoms with Gasteiger partial charge in [-0.25, -0.2) is 0 Å². The van der Waals surface area contributed by atoms with Gasteiger partial charge >= 0.3 is 0 Å². The predicted octanol–water partition coefficient (Wildman–Crippen LogP) is 0.198. The van der Waals surface area contributed by atoms with Gasteiger partial charge in [0.1, 0.15) is 0 Å². The first-order chi connectivity index (χ1) is 9.33. The van der Waals surface area contributed by atoms with Gasteiger partial charge in [0.2, 0.25) is 5.91 Å². The Bertz CT molecular complexity index is 312. The summed E-state index contributed by atoms with van der Waals surface area (Å²) in [7, 11) is 0. The van der Waals surface area contributed by atoms with Gasteiger partial charge < -0.3 is 15.0 Å². The fourth-order valence-corrected chi connectivity index (χ4v) is 3.17. The zero-order chi connectivity index (χ0) is 13.1. The van der Waals surface area contributed by atoms with Gasteiger partial charge in [-0.2, -0.15) is 0 Å². The van der Waals surface area contributed by atoms with Crippen LogP contribution in [0.4, 0.5) is 0 Å². The van der Waals surface area contributed by atoms with Crippen LogP contribution in [0.5, 0.6) is 0 Å². The topological polar surface area (TPSA) is 44.8 Å². The Kier molecular flexibility index (Phi) is 6.08. The highest BCUT2D eigenvalue weighted by Crippen LogP contribution is 2.18. The summed E-state index contributed by atoms with van der Waals surface area (Å²) in [6, 6.07) is 0. The van der Waals surface area contributed by atoms with Crippen LogP contribution < -0.4 is 5.32 Å². The normalized spacial score (nSPS) is 25.9. The number of halogens is 1. The van der Waals surface area contributed by atoms with Gasteiger partial charge in [-0.1, -0.05) is 0 Å². The number of ether oxygens (including phenoxy) is 1. The molecule has 0 spiro atoms.